The van der Waals surface area contributed by atoms with Gasteiger partial charge in [-0.25, -0.2) is 9.69 Å². The quantitative estimate of drug-likeness (QED) is 0.850. The third-order valence-corrected chi connectivity index (χ3v) is 5.61. The molecule has 0 unspecified atom stereocenters. The van der Waals surface area contributed by atoms with Crippen molar-refractivity contribution in [2.45, 2.75) is 18.4 Å². The van der Waals surface area contributed by atoms with Gasteiger partial charge in [-0.3, -0.25) is 9.88 Å². The van der Waals surface area contributed by atoms with Crippen molar-refractivity contribution in [1.29, 1.82) is 0 Å². The first kappa shape index (κ1) is 14.0. The van der Waals surface area contributed by atoms with Gasteiger partial charge in [0.05, 0.1) is 6.54 Å². The molecule has 0 saturated carbocycles. The summed E-state index contributed by atoms with van der Waals surface area (Å²) in [5, 5.41) is 0. The molecule has 1 amide bonds. The molecule has 4 saturated heterocycles. The van der Waals surface area contributed by atoms with E-state index >= 15 is 0 Å². The van der Waals surface area contributed by atoms with Crippen molar-refractivity contribution in [3.63, 3.8) is 0 Å². The number of aromatic nitrogens is 1. The van der Waals surface area contributed by atoms with E-state index in [1.807, 2.05) is 18.2 Å². The van der Waals surface area contributed by atoms with Crippen molar-refractivity contribution < 1.29 is 13.9 Å². The maximum Gasteiger partial charge on any atom is 0.417 e. The summed E-state index contributed by atoms with van der Waals surface area (Å²) in [6, 6.07) is 5.74. The molecule has 0 radical (unpaired) electrons. The number of ether oxygens (including phenoxy) is 1. The average Bonchev–Trinajstić information content (AvgIpc) is 3.22. The molecule has 0 N–H and O–H groups in total. The van der Waals surface area contributed by atoms with Crippen molar-refractivity contribution in [2.75, 3.05) is 31.1 Å². The van der Waals surface area contributed by atoms with Crippen LogP contribution in [0.2, 0.25) is 0 Å². The number of piperidine rings is 3. The topological polar surface area (TPSA) is 58.8 Å². The van der Waals surface area contributed by atoms with Gasteiger partial charge in [0.2, 0.25) is 5.88 Å². The minimum atomic E-state index is -0.366. The Morgan fingerprint density at radius 2 is 2.08 bits per heavy atom. The van der Waals surface area contributed by atoms with Crippen LogP contribution in [0.15, 0.2) is 41.3 Å². The lowest BCUT2D eigenvalue weighted by molar-refractivity contribution is -0.0881. The van der Waals surface area contributed by atoms with Crippen LogP contribution < -0.4 is 4.90 Å². The van der Waals surface area contributed by atoms with Crippen LogP contribution in [0.5, 0.6) is 0 Å². The maximum atomic E-state index is 12.5. The number of amides is 1. The Bertz CT molecular complexity index is 767. The molecule has 6 nitrogen and oxygen atoms in total. The van der Waals surface area contributed by atoms with Gasteiger partial charge < -0.3 is 9.15 Å². The fourth-order valence-electron chi connectivity index (χ4n) is 4.33. The van der Waals surface area contributed by atoms with E-state index in [1.165, 1.54) is 0 Å². The van der Waals surface area contributed by atoms with Gasteiger partial charge in [-0.05, 0) is 32.0 Å². The molecule has 1 atom stereocenters. The van der Waals surface area contributed by atoms with Crippen LogP contribution in [0, 0.1) is 5.92 Å². The standard InChI is InChI=1S/C18H19N3O3/c22-17-21(12-18(24-17)11-20-6-3-15(18)4-7-20)16-8-14(10-23-16)13-2-1-5-19-9-13/h1-2,5,8-10,15H,3-4,6-7,11-12H2/t18-/m1/s1. The van der Waals surface area contributed by atoms with Crippen molar-refractivity contribution in [3.05, 3.63) is 36.9 Å². The Morgan fingerprint density at radius 3 is 2.79 bits per heavy atom. The lowest BCUT2D eigenvalue weighted by Gasteiger charge is -2.49. The molecule has 4 aliphatic rings. The van der Waals surface area contributed by atoms with Gasteiger partial charge in [-0.15, -0.1) is 0 Å². The zero-order chi connectivity index (χ0) is 16.1. The molecule has 24 heavy (non-hydrogen) atoms. The van der Waals surface area contributed by atoms with Gasteiger partial charge >= 0.3 is 6.09 Å². The van der Waals surface area contributed by atoms with Gasteiger partial charge in [0.15, 0.2) is 0 Å². The molecule has 0 aliphatic carbocycles. The van der Waals surface area contributed by atoms with E-state index in [1.54, 1.807) is 23.6 Å². The van der Waals surface area contributed by atoms with Crippen molar-refractivity contribution in [2.24, 2.45) is 5.92 Å². The van der Waals surface area contributed by atoms with Gasteiger partial charge in [0, 0.05) is 42.0 Å². The van der Waals surface area contributed by atoms with Gasteiger partial charge in [-0.1, -0.05) is 6.07 Å². The van der Waals surface area contributed by atoms with Crippen LogP contribution in [-0.2, 0) is 4.74 Å². The Balaban J connectivity index is 1.42. The van der Waals surface area contributed by atoms with Crippen molar-refractivity contribution >= 4 is 12.0 Å². The van der Waals surface area contributed by atoms with Crippen LogP contribution in [0.1, 0.15) is 12.8 Å². The minimum Gasteiger partial charge on any atom is -0.448 e. The SMILES string of the molecule is O=C1O[C@]2(CN3CCC2CC3)CN1c1cc(-c2cccnc2)co1. The monoisotopic (exact) mass is 325 g/mol. The Kier molecular flexibility index (Phi) is 2.97. The summed E-state index contributed by atoms with van der Waals surface area (Å²) in [6.45, 7) is 3.66. The van der Waals surface area contributed by atoms with Crippen molar-refractivity contribution in [1.82, 2.24) is 9.88 Å². The number of hydrogen-bond donors (Lipinski definition) is 0. The van der Waals surface area contributed by atoms with Crippen LogP contribution in [-0.4, -0.2) is 47.8 Å². The summed E-state index contributed by atoms with van der Waals surface area (Å²) in [5.74, 6) is 1.01. The van der Waals surface area contributed by atoms with Crippen LogP contribution in [0.25, 0.3) is 11.1 Å². The second-order valence-corrected chi connectivity index (χ2v) is 6.98. The number of carbonyl (C=O) groups excluding carboxylic acids is 1. The molecule has 0 aromatic carbocycles. The molecule has 4 aliphatic heterocycles. The fraction of sp³-hybridized carbons (Fsp3) is 0.444. The highest BCUT2D eigenvalue weighted by molar-refractivity contribution is 5.89. The third-order valence-electron chi connectivity index (χ3n) is 5.61. The smallest absolute Gasteiger partial charge is 0.417 e. The summed E-state index contributed by atoms with van der Waals surface area (Å²) < 4.78 is 11.5. The Morgan fingerprint density at radius 1 is 1.21 bits per heavy atom. The largest absolute Gasteiger partial charge is 0.448 e. The molecule has 2 bridgehead atoms. The van der Waals surface area contributed by atoms with E-state index in [9.17, 15) is 4.79 Å². The number of carbonyl (C=O) groups is 1. The molecule has 6 heteroatoms. The normalized spacial score (nSPS) is 31.7. The summed E-state index contributed by atoms with van der Waals surface area (Å²) in [6.07, 6.45) is 7.11. The second-order valence-electron chi connectivity index (χ2n) is 6.98. The summed E-state index contributed by atoms with van der Waals surface area (Å²) in [5.41, 5.74) is 1.52. The summed E-state index contributed by atoms with van der Waals surface area (Å²) >= 11 is 0. The predicted molar refractivity (Wildman–Crippen MR) is 87.7 cm³/mol. The van der Waals surface area contributed by atoms with Gasteiger partial charge in [0.25, 0.3) is 0 Å². The molecule has 1 spiro atoms. The molecule has 6 rings (SSSR count). The highest BCUT2D eigenvalue weighted by Gasteiger charge is 2.56. The zero-order valence-corrected chi connectivity index (χ0v) is 13.4. The number of anilines is 1. The number of hydrogen-bond acceptors (Lipinski definition) is 5. The van der Waals surface area contributed by atoms with E-state index in [2.05, 4.69) is 9.88 Å². The third kappa shape index (κ3) is 2.06. The first-order valence-corrected chi connectivity index (χ1v) is 8.45. The van der Waals surface area contributed by atoms with Crippen LogP contribution in [0.4, 0.5) is 10.7 Å². The lowest BCUT2D eigenvalue weighted by atomic mass is 9.75. The summed E-state index contributed by atoms with van der Waals surface area (Å²) in [4.78, 5) is 20.7. The van der Waals surface area contributed by atoms with E-state index in [4.69, 9.17) is 9.15 Å². The number of pyridine rings is 1. The average molecular weight is 325 g/mol. The molecule has 6 heterocycles. The number of furan rings is 1. The first-order valence-electron chi connectivity index (χ1n) is 8.45. The predicted octanol–water partition coefficient (Wildman–Crippen LogP) is 2.76. The highest BCUT2D eigenvalue weighted by Crippen LogP contribution is 2.43. The van der Waals surface area contributed by atoms with Crippen LogP contribution in [0.3, 0.4) is 0 Å². The maximum absolute atomic E-state index is 12.5. The number of nitrogens with zero attached hydrogens (tertiary/aromatic N) is 3. The fourth-order valence-corrected chi connectivity index (χ4v) is 4.33. The molecular formula is C18H19N3O3. The second kappa shape index (κ2) is 5.08. The van der Waals surface area contributed by atoms with Gasteiger partial charge in [-0.2, -0.15) is 0 Å². The van der Waals surface area contributed by atoms with E-state index in [-0.39, 0.29) is 11.7 Å². The number of rotatable bonds is 2. The molecule has 2 aromatic rings. The van der Waals surface area contributed by atoms with Crippen LogP contribution >= 0.6 is 0 Å². The van der Waals surface area contributed by atoms with Crippen molar-refractivity contribution in [3.8, 4) is 11.1 Å². The number of fused-ring (bicyclic) bond motifs is 2. The molecule has 4 fully saturated rings. The summed E-state index contributed by atoms with van der Waals surface area (Å²) in [7, 11) is 0. The van der Waals surface area contributed by atoms with E-state index in [0.29, 0.717) is 18.3 Å². The Labute approximate surface area is 140 Å². The Hall–Kier alpha value is -2.34. The minimum absolute atomic E-state index is 0.296. The first-order chi connectivity index (χ1) is 11.7. The highest BCUT2D eigenvalue weighted by atomic mass is 16.6. The van der Waals surface area contributed by atoms with E-state index < -0.39 is 0 Å². The molecular weight excluding hydrogens is 306 g/mol. The lowest BCUT2D eigenvalue weighted by Crippen LogP contribution is -2.61. The molecule has 2 aromatic heterocycles. The molecule has 124 valence electrons. The zero-order valence-electron chi connectivity index (χ0n) is 13.4. The van der Waals surface area contributed by atoms with E-state index in [0.717, 1.165) is 43.6 Å². The van der Waals surface area contributed by atoms with Gasteiger partial charge in [0.1, 0.15) is 11.9 Å².